The SMILES string of the molecule is N#Cc1ccc(C#N)c(-n2c3ccccc3c3c4oc5c6c(ccc5c4ccc32)C(c2ccccc2)c2ccccc2-6)c1. The van der Waals surface area contributed by atoms with E-state index in [2.05, 4.69) is 108 Å². The van der Waals surface area contributed by atoms with Gasteiger partial charge in [-0.1, -0.05) is 84.9 Å². The summed E-state index contributed by atoms with van der Waals surface area (Å²) < 4.78 is 9.06. The lowest BCUT2D eigenvalue weighted by atomic mass is 9.89. The van der Waals surface area contributed by atoms with Crippen molar-refractivity contribution in [2.24, 2.45) is 0 Å². The molecule has 0 spiro atoms. The van der Waals surface area contributed by atoms with Crippen molar-refractivity contribution in [3.8, 4) is 29.0 Å². The van der Waals surface area contributed by atoms with E-state index in [0.29, 0.717) is 16.8 Å². The smallest absolute Gasteiger partial charge is 0.145 e. The highest BCUT2D eigenvalue weighted by atomic mass is 16.3. The van der Waals surface area contributed by atoms with E-state index in [4.69, 9.17) is 4.42 Å². The Bertz CT molecular complexity index is 2540. The van der Waals surface area contributed by atoms with Crippen LogP contribution in [-0.4, -0.2) is 4.57 Å². The first-order valence-electron chi connectivity index (χ1n) is 14.3. The van der Waals surface area contributed by atoms with Gasteiger partial charge in [-0.25, -0.2) is 0 Å². The number of furan rings is 1. The fourth-order valence-corrected chi connectivity index (χ4v) is 7.17. The Labute approximate surface area is 246 Å². The molecule has 198 valence electrons. The molecule has 0 saturated heterocycles. The molecule has 9 rings (SSSR count). The Balaban J connectivity index is 1.40. The zero-order valence-corrected chi connectivity index (χ0v) is 22.9. The first kappa shape index (κ1) is 23.6. The van der Waals surface area contributed by atoms with Crippen molar-refractivity contribution in [3.05, 3.63) is 149 Å². The molecule has 0 bridgehead atoms. The molecule has 0 N–H and O–H groups in total. The highest BCUT2D eigenvalue weighted by Gasteiger charge is 2.33. The third-order valence-corrected chi connectivity index (χ3v) is 8.95. The number of nitriles is 2. The lowest BCUT2D eigenvalue weighted by molar-refractivity contribution is 0.673. The summed E-state index contributed by atoms with van der Waals surface area (Å²) in [6.07, 6.45) is 0. The number of aromatic nitrogens is 1. The normalized spacial score (nSPS) is 13.8. The molecule has 1 aliphatic carbocycles. The predicted molar refractivity (Wildman–Crippen MR) is 170 cm³/mol. The minimum Gasteiger partial charge on any atom is -0.455 e. The van der Waals surface area contributed by atoms with Crippen molar-refractivity contribution in [2.75, 3.05) is 0 Å². The minimum atomic E-state index is 0.142. The molecular weight excluding hydrogens is 526 g/mol. The molecule has 0 aliphatic heterocycles. The Morgan fingerprint density at radius 2 is 1.37 bits per heavy atom. The van der Waals surface area contributed by atoms with Crippen LogP contribution in [-0.2, 0) is 0 Å². The maximum atomic E-state index is 10.0. The van der Waals surface area contributed by atoms with E-state index in [9.17, 15) is 10.5 Å². The summed E-state index contributed by atoms with van der Waals surface area (Å²) in [7, 11) is 0. The lowest BCUT2D eigenvalue weighted by Gasteiger charge is -2.14. The van der Waals surface area contributed by atoms with Crippen LogP contribution in [0.3, 0.4) is 0 Å². The van der Waals surface area contributed by atoms with E-state index < -0.39 is 0 Å². The monoisotopic (exact) mass is 547 g/mol. The van der Waals surface area contributed by atoms with Gasteiger partial charge >= 0.3 is 0 Å². The van der Waals surface area contributed by atoms with Gasteiger partial charge in [-0.05, 0) is 58.7 Å². The van der Waals surface area contributed by atoms with Crippen molar-refractivity contribution in [1.29, 1.82) is 10.5 Å². The first-order valence-corrected chi connectivity index (χ1v) is 14.3. The van der Waals surface area contributed by atoms with Crippen LogP contribution in [0.2, 0.25) is 0 Å². The second-order valence-corrected chi connectivity index (χ2v) is 11.1. The van der Waals surface area contributed by atoms with Crippen molar-refractivity contribution < 1.29 is 4.42 Å². The molecule has 43 heavy (non-hydrogen) atoms. The number of hydrogen-bond acceptors (Lipinski definition) is 3. The molecule has 6 aromatic carbocycles. The van der Waals surface area contributed by atoms with Gasteiger partial charge in [0, 0.05) is 27.6 Å². The van der Waals surface area contributed by atoms with Crippen LogP contribution < -0.4 is 0 Å². The molecule has 4 nitrogen and oxygen atoms in total. The van der Waals surface area contributed by atoms with Crippen LogP contribution in [0.15, 0.2) is 126 Å². The molecule has 0 saturated carbocycles. The summed E-state index contributed by atoms with van der Waals surface area (Å²) in [6.45, 7) is 0. The molecule has 2 heterocycles. The average molecular weight is 548 g/mol. The largest absolute Gasteiger partial charge is 0.455 e. The number of fused-ring (bicyclic) bond motifs is 11. The first-order chi connectivity index (χ1) is 21.3. The van der Waals surface area contributed by atoms with Crippen LogP contribution >= 0.6 is 0 Å². The molecule has 1 aliphatic rings. The standard InChI is InChI=1S/C39H21N3O/c40-21-23-14-15-25(22-41)34(20-23)42-32-13-7-6-12-30(32)37-33(42)19-18-29-28-16-17-31-35(24-8-2-1-3-9-24)26-10-4-5-11-27(26)36(31)38(28)43-39(29)37/h1-20,35H. The van der Waals surface area contributed by atoms with Gasteiger partial charge in [0.1, 0.15) is 17.2 Å². The zero-order valence-electron chi connectivity index (χ0n) is 22.9. The molecule has 2 aromatic heterocycles. The fourth-order valence-electron chi connectivity index (χ4n) is 7.17. The van der Waals surface area contributed by atoms with Crippen LogP contribution in [0.1, 0.15) is 33.7 Å². The Kier molecular flexibility index (Phi) is 4.77. The average Bonchev–Trinajstić information content (AvgIpc) is 3.72. The summed E-state index contributed by atoms with van der Waals surface area (Å²) in [5.41, 5.74) is 11.5. The molecule has 0 fully saturated rings. The quantitative estimate of drug-likeness (QED) is 0.216. The van der Waals surface area contributed by atoms with Gasteiger partial charge in [0.05, 0.1) is 39.3 Å². The van der Waals surface area contributed by atoms with Gasteiger partial charge in [-0.15, -0.1) is 0 Å². The summed E-state index contributed by atoms with van der Waals surface area (Å²) in [4.78, 5) is 0. The zero-order chi connectivity index (χ0) is 28.7. The van der Waals surface area contributed by atoms with Gasteiger partial charge < -0.3 is 8.98 Å². The van der Waals surface area contributed by atoms with E-state index in [1.54, 1.807) is 18.2 Å². The molecule has 0 radical (unpaired) electrons. The Hall–Kier alpha value is -6.10. The third-order valence-electron chi connectivity index (χ3n) is 8.95. The van der Waals surface area contributed by atoms with Gasteiger partial charge in [0.15, 0.2) is 0 Å². The van der Waals surface area contributed by atoms with Crippen molar-refractivity contribution >= 4 is 43.7 Å². The molecular formula is C39H21N3O. The Morgan fingerprint density at radius 1 is 0.605 bits per heavy atom. The van der Waals surface area contributed by atoms with Gasteiger partial charge in [-0.3, -0.25) is 0 Å². The second-order valence-electron chi connectivity index (χ2n) is 11.1. The maximum absolute atomic E-state index is 10.0. The Morgan fingerprint density at radius 3 is 2.23 bits per heavy atom. The van der Waals surface area contributed by atoms with Gasteiger partial charge in [-0.2, -0.15) is 10.5 Å². The summed E-state index contributed by atoms with van der Waals surface area (Å²) in [5, 5.41) is 23.8. The maximum Gasteiger partial charge on any atom is 0.145 e. The highest BCUT2D eigenvalue weighted by molar-refractivity contribution is 6.25. The molecule has 8 aromatic rings. The topological polar surface area (TPSA) is 65.7 Å². The molecule has 1 unspecified atom stereocenters. The van der Waals surface area contributed by atoms with Crippen LogP contribution in [0.4, 0.5) is 0 Å². The number of benzene rings is 6. The molecule has 1 atom stereocenters. The van der Waals surface area contributed by atoms with Crippen LogP contribution in [0.25, 0.3) is 60.6 Å². The van der Waals surface area contributed by atoms with E-state index in [-0.39, 0.29) is 5.92 Å². The van der Waals surface area contributed by atoms with Crippen LogP contribution in [0.5, 0.6) is 0 Å². The molecule has 0 amide bonds. The van der Waals surface area contributed by atoms with Crippen molar-refractivity contribution in [3.63, 3.8) is 0 Å². The summed E-state index contributed by atoms with van der Waals surface area (Å²) >= 11 is 0. The highest BCUT2D eigenvalue weighted by Crippen LogP contribution is 2.52. The third kappa shape index (κ3) is 3.13. The number of hydrogen-bond donors (Lipinski definition) is 0. The second kappa shape index (κ2) is 8.70. The minimum absolute atomic E-state index is 0.142. The number of nitrogens with zero attached hydrogens (tertiary/aromatic N) is 3. The van der Waals surface area contributed by atoms with Crippen molar-refractivity contribution in [1.82, 2.24) is 4.57 Å². The van der Waals surface area contributed by atoms with E-state index in [0.717, 1.165) is 49.3 Å². The van der Waals surface area contributed by atoms with Gasteiger partial charge in [0.25, 0.3) is 0 Å². The van der Waals surface area contributed by atoms with Crippen LogP contribution in [0, 0.1) is 22.7 Å². The summed E-state index contributed by atoms with van der Waals surface area (Å²) in [6, 6.07) is 46.0. The molecule has 4 heteroatoms. The van der Waals surface area contributed by atoms with Gasteiger partial charge in [0.2, 0.25) is 0 Å². The predicted octanol–water partition coefficient (Wildman–Crippen LogP) is 9.59. The fraction of sp³-hybridized carbons (Fsp3) is 0.0256. The van der Waals surface area contributed by atoms with E-state index in [1.165, 1.54) is 22.3 Å². The van der Waals surface area contributed by atoms with Crippen molar-refractivity contribution in [2.45, 2.75) is 5.92 Å². The number of para-hydroxylation sites is 1. The van der Waals surface area contributed by atoms with E-state index >= 15 is 0 Å². The lowest BCUT2D eigenvalue weighted by Crippen LogP contribution is -1.98. The summed E-state index contributed by atoms with van der Waals surface area (Å²) in [5.74, 6) is 0.142. The number of rotatable bonds is 2. The van der Waals surface area contributed by atoms with E-state index in [1.807, 2.05) is 12.1 Å².